The van der Waals surface area contributed by atoms with Crippen LogP contribution in [-0.4, -0.2) is 21.3 Å². The minimum atomic E-state index is -0.419. The summed E-state index contributed by atoms with van der Waals surface area (Å²) in [5, 5.41) is 16.1. The molecule has 0 radical (unpaired) electrons. The maximum atomic E-state index is 13.5. The average molecular weight is 327 g/mol. The first kappa shape index (κ1) is 14.9. The van der Waals surface area contributed by atoms with Crippen LogP contribution in [0.2, 0.25) is 0 Å². The summed E-state index contributed by atoms with van der Waals surface area (Å²) in [6.07, 6.45) is 3.38. The predicted molar refractivity (Wildman–Crippen MR) is 85.9 cm³/mol. The van der Waals surface area contributed by atoms with Crippen molar-refractivity contribution in [2.75, 3.05) is 11.4 Å². The van der Waals surface area contributed by atoms with E-state index in [2.05, 4.69) is 21.2 Å². The molecule has 24 heavy (non-hydrogen) atoms. The van der Waals surface area contributed by atoms with Crippen molar-refractivity contribution in [2.45, 2.75) is 25.3 Å². The highest BCUT2D eigenvalue weighted by Gasteiger charge is 2.46. The van der Waals surface area contributed by atoms with Gasteiger partial charge >= 0.3 is 5.69 Å². The molecule has 2 aromatic rings. The highest BCUT2D eigenvalue weighted by atomic mass is 19.1. The van der Waals surface area contributed by atoms with Gasteiger partial charge in [-0.3, -0.25) is 4.57 Å². The second-order valence-corrected chi connectivity index (χ2v) is 6.65. The molecule has 1 aliphatic carbocycles. The summed E-state index contributed by atoms with van der Waals surface area (Å²) in [6, 6.07) is 6.31. The second-order valence-electron chi connectivity index (χ2n) is 6.65. The van der Waals surface area contributed by atoms with Crippen molar-refractivity contribution in [2.24, 2.45) is 18.9 Å². The molecule has 1 N–H and O–H groups in total. The Morgan fingerprint density at radius 2 is 2.17 bits per heavy atom. The van der Waals surface area contributed by atoms with Gasteiger partial charge in [-0.1, -0.05) is 0 Å². The molecule has 124 valence electrons. The first-order chi connectivity index (χ1) is 11.6. The quantitative estimate of drug-likeness (QED) is 0.936. The van der Waals surface area contributed by atoms with Crippen LogP contribution in [0.3, 0.4) is 0 Å². The maximum Gasteiger partial charge on any atom is 0.343 e. The van der Waals surface area contributed by atoms with Crippen LogP contribution in [0, 0.1) is 29.0 Å². The Labute approximate surface area is 138 Å². The van der Waals surface area contributed by atoms with Gasteiger partial charge in [0.2, 0.25) is 0 Å². The topological polar surface area (TPSA) is 77.7 Å². The van der Waals surface area contributed by atoms with Gasteiger partial charge in [0.05, 0.1) is 17.3 Å². The number of nitrogens with one attached hydrogen (secondary N) is 1. The molecular weight excluding hydrogens is 309 g/mol. The predicted octanol–water partition coefficient (Wildman–Crippen LogP) is 2.10. The standard InChI is InChI=1S/C17H18FN5O/c1-22-16(20-21-17(22)24)15-13(10-2-3-10)6-7-23(15)14-5-4-12(18)8-11(14)9-19/h4-5,8,10,13,15H,2-3,6-7H2,1H3,(H,21,24). The van der Waals surface area contributed by atoms with Crippen molar-refractivity contribution in [3.05, 3.63) is 45.9 Å². The lowest BCUT2D eigenvalue weighted by molar-refractivity contribution is 0.406. The molecule has 1 aromatic heterocycles. The number of halogens is 1. The molecule has 2 unspecified atom stereocenters. The third-order valence-electron chi connectivity index (χ3n) is 5.24. The van der Waals surface area contributed by atoms with Gasteiger partial charge in [0.1, 0.15) is 11.9 Å². The van der Waals surface area contributed by atoms with Gasteiger partial charge < -0.3 is 4.90 Å². The van der Waals surface area contributed by atoms with Crippen molar-refractivity contribution in [3.63, 3.8) is 0 Å². The smallest absolute Gasteiger partial charge is 0.343 e. The summed E-state index contributed by atoms with van der Waals surface area (Å²) in [4.78, 5) is 13.9. The highest BCUT2D eigenvalue weighted by Crippen LogP contribution is 2.51. The van der Waals surface area contributed by atoms with E-state index in [4.69, 9.17) is 0 Å². The third kappa shape index (κ3) is 2.30. The molecule has 7 heteroatoms. The Hall–Kier alpha value is -2.62. The normalized spacial score (nSPS) is 23.5. The molecule has 1 saturated heterocycles. The lowest BCUT2D eigenvalue weighted by Crippen LogP contribution is -2.30. The zero-order chi connectivity index (χ0) is 16.8. The number of nitriles is 1. The number of aromatic amines is 1. The number of H-pyrrole nitrogens is 1. The van der Waals surface area contributed by atoms with Crippen LogP contribution >= 0.6 is 0 Å². The van der Waals surface area contributed by atoms with E-state index in [1.807, 2.05) is 0 Å². The summed E-state index contributed by atoms with van der Waals surface area (Å²) in [5.74, 6) is 1.30. The van der Waals surface area contributed by atoms with Gasteiger partial charge in [-0.15, -0.1) is 0 Å². The first-order valence-electron chi connectivity index (χ1n) is 8.17. The fourth-order valence-corrected chi connectivity index (χ4v) is 3.91. The molecule has 0 spiro atoms. The van der Waals surface area contributed by atoms with Crippen molar-refractivity contribution >= 4 is 5.69 Å². The largest absolute Gasteiger partial charge is 0.360 e. The number of hydrogen-bond acceptors (Lipinski definition) is 4. The molecule has 2 heterocycles. The number of hydrogen-bond donors (Lipinski definition) is 1. The van der Waals surface area contributed by atoms with Crippen LogP contribution in [0.4, 0.5) is 10.1 Å². The SMILES string of the molecule is Cn1c(C2C(C3CC3)CCN2c2ccc(F)cc2C#N)n[nH]c1=O. The Morgan fingerprint density at radius 3 is 2.79 bits per heavy atom. The van der Waals surface area contributed by atoms with Crippen molar-refractivity contribution < 1.29 is 4.39 Å². The number of aromatic nitrogens is 3. The van der Waals surface area contributed by atoms with Crippen LogP contribution in [0.1, 0.15) is 36.7 Å². The van der Waals surface area contributed by atoms with Crippen molar-refractivity contribution in [1.29, 1.82) is 5.26 Å². The molecule has 1 aromatic carbocycles. The van der Waals surface area contributed by atoms with Gasteiger partial charge in [0.25, 0.3) is 0 Å². The molecule has 0 amide bonds. The monoisotopic (exact) mass is 327 g/mol. The van der Waals surface area contributed by atoms with Crippen molar-refractivity contribution in [3.8, 4) is 6.07 Å². The van der Waals surface area contributed by atoms with E-state index < -0.39 is 5.82 Å². The molecule has 6 nitrogen and oxygen atoms in total. The summed E-state index contributed by atoms with van der Waals surface area (Å²) < 4.78 is 15.0. The van der Waals surface area contributed by atoms with Crippen LogP contribution < -0.4 is 10.6 Å². The molecule has 2 fully saturated rings. The van der Waals surface area contributed by atoms with Gasteiger partial charge in [-0.2, -0.15) is 10.4 Å². The average Bonchev–Trinajstić information content (AvgIpc) is 3.26. The lowest BCUT2D eigenvalue weighted by Gasteiger charge is -2.29. The van der Waals surface area contributed by atoms with E-state index in [1.54, 1.807) is 13.1 Å². The number of rotatable bonds is 3. The fraction of sp³-hybridized carbons (Fsp3) is 0.471. The summed E-state index contributed by atoms with van der Waals surface area (Å²) >= 11 is 0. The van der Waals surface area contributed by atoms with Gasteiger partial charge in [-0.25, -0.2) is 14.3 Å². The summed E-state index contributed by atoms with van der Waals surface area (Å²) in [5.41, 5.74) is 0.783. The second kappa shape index (κ2) is 5.48. The van der Waals surface area contributed by atoms with Crippen molar-refractivity contribution in [1.82, 2.24) is 14.8 Å². The van der Waals surface area contributed by atoms with Gasteiger partial charge in [0, 0.05) is 13.6 Å². The molecule has 1 saturated carbocycles. The van der Waals surface area contributed by atoms with Crippen LogP contribution in [0.15, 0.2) is 23.0 Å². The van der Waals surface area contributed by atoms with E-state index in [9.17, 15) is 14.4 Å². The molecule has 4 rings (SSSR count). The van der Waals surface area contributed by atoms with Crippen LogP contribution in [-0.2, 0) is 7.05 Å². The zero-order valence-electron chi connectivity index (χ0n) is 13.4. The number of benzene rings is 1. The fourth-order valence-electron chi connectivity index (χ4n) is 3.91. The highest BCUT2D eigenvalue weighted by molar-refractivity contribution is 5.61. The van der Waals surface area contributed by atoms with E-state index in [0.717, 1.165) is 13.0 Å². The molecular formula is C17H18FN5O. The molecule has 1 aliphatic heterocycles. The molecule has 2 aliphatic rings. The molecule has 0 bridgehead atoms. The Morgan fingerprint density at radius 1 is 1.38 bits per heavy atom. The van der Waals surface area contributed by atoms with Gasteiger partial charge in [0.15, 0.2) is 5.82 Å². The number of anilines is 1. The Bertz CT molecular complexity index is 876. The summed E-state index contributed by atoms with van der Waals surface area (Å²) in [6.45, 7) is 0.771. The van der Waals surface area contributed by atoms with E-state index >= 15 is 0 Å². The van der Waals surface area contributed by atoms with Crippen LogP contribution in [0.25, 0.3) is 0 Å². The summed E-state index contributed by atoms with van der Waals surface area (Å²) in [7, 11) is 1.71. The zero-order valence-corrected chi connectivity index (χ0v) is 13.4. The minimum absolute atomic E-state index is 0.0704. The van der Waals surface area contributed by atoms with E-state index in [-0.39, 0.29) is 11.7 Å². The van der Waals surface area contributed by atoms with E-state index in [1.165, 1.54) is 29.5 Å². The number of nitrogens with zero attached hydrogens (tertiary/aromatic N) is 4. The first-order valence-corrected chi connectivity index (χ1v) is 8.17. The Kier molecular flexibility index (Phi) is 3.41. The molecule has 2 atom stereocenters. The Balaban J connectivity index is 1.81. The van der Waals surface area contributed by atoms with E-state index in [0.29, 0.717) is 28.9 Å². The third-order valence-corrected chi connectivity index (χ3v) is 5.24. The van der Waals surface area contributed by atoms with Gasteiger partial charge in [-0.05, 0) is 49.3 Å². The minimum Gasteiger partial charge on any atom is -0.360 e. The maximum absolute atomic E-state index is 13.5. The lowest BCUT2D eigenvalue weighted by atomic mass is 9.94. The van der Waals surface area contributed by atoms with Crippen LogP contribution in [0.5, 0.6) is 0 Å².